The number of halogens is 1. The lowest BCUT2D eigenvalue weighted by molar-refractivity contribution is -0.227. The van der Waals surface area contributed by atoms with Crippen molar-refractivity contribution in [2.24, 2.45) is 28.6 Å². The molecule has 8 atom stereocenters. The number of hydrogen-bond donors (Lipinski definition) is 1. The van der Waals surface area contributed by atoms with Gasteiger partial charge >= 0.3 is 5.97 Å². The maximum Gasteiger partial charge on any atom is 0.306 e. The Balaban J connectivity index is 1.70. The maximum atomic E-state index is 17.3. The lowest BCUT2D eigenvalue weighted by Crippen LogP contribution is -2.69. The van der Waals surface area contributed by atoms with Crippen LogP contribution in [0.1, 0.15) is 92.4 Å². The number of hydrogen-bond acceptors (Lipinski definition) is 5. The van der Waals surface area contributed by atoms with Gasteiger partial charge in [-0.25, -0.2) is 4.39 Å². The number of ketones is 2. The number of Topliss-reactive ketones (excluding diaryl/α,β-unsaturated/α-hetero) is 1. The fraction of sp³-hybridized carbons (Fsp3) is 0.759. The van der Waals surface area contributed by atoms with Crippen molar-refractivity contribution in [2.45, 2.75) is 110 Å². The monoisotopic (exact) mass is 488 g/mol. The van der Waals surface area contributed by atoms with E-state index < -0.39 is 34.1 Å². The molecule has 0 spiro atoms. The Morgan fingerprint density at radius 3 is 2.57 bits per heavy atom. The molecule has 0 aromatic carbocycles. The molecule has 4 rings (SSSR count). The Labute approximate surface area is 208 Å². The summed E-state index contributed by atoms with van der Waals surface area (Å²) in [5.74, 6) is -1.77. The third kappa shape index (κ3) is 3.53. The standard InChI is InChI=1S/C29H41FO5/c1-6-7-8-9-10-25(34)35-29(19(3)31)18(2)15-23-22-12-11-20-16-21(32)13-14-26(20,4)28(22,30)24(33)17-27(23,29)5/h13-14,16,18,22-24,33H,6-12,15,17H2,1-5H3/t18-,22-,23-,24-,26-,27-,28-,29+/m0/s1. The molecule has 3 fully saturated rings. The van der Waals surface area contributed by atoms with E-state index >= 15 is 4.39 Å². The normalized spacial score (nSPS) is 44.2. The lowest BCUT2D eigenvalue weighted by Gasteiger charge is -2.62. The zero-order valence-corrected chi connectivity index (χ0v) is 21.9. The number of carbonyl (C=O) groups is 3. The number of fused-ring (bicyclic) bond motifs is 5. The molecule has 0 heterocycles. The molecule has 1 N–H and O–H groups in total. The number of rotatable bonds is 7. The molecule has 194 valence electrons. The average Bonchev–Trinajstić information content (AvgIpc) is 3.00. The molecule has 3 saturated carbocycles. The highest BCUT2D eigenvalue weighted by atomic mass is 19.1. The second-order valence-electron chi connectivity index (χ2n) is 12.0. The van der Waals surface area contributed by atoms with Crippen LogP contribution in [0.5, 0.6) is 0 Å². The molecular weight excluding hydrogens is 447 g/mol. The molecule has 0 radical (unpaired) electrons. The van der Waals surface area contributed by atoms with E-state index in [1.807, 2.05) is 13.8 Å². The second kappa shape index (κ2) is 8.93. The van der Waals surface area contributed by atoms with Crippen LogP contribution >= 0.6 is 0 Å². The molecule has 0 bridgehead atoms. The molecule has 4 aliphatic rings. The number of carbonyl (C=O) groups excluding carboxylic acids is 3. The van der Waals surface area contributed by atoms with Crippen LogP contribution in [-0.4, -0.2) is 40.0 Å². The van der Waals surface area contributed by atoms with Gasteiger partial charge < -0.3 is 9.84 Å². The van der Waals surface area contributed by atoms with Gasteiger partial charge in [0.15, 0.2) is 22.8 Å². The first-order valence-corrected chi connectivity index (χ1v) is 13.4. The van der Waals surface area contributed by atoms with Crippen LogP contribution in [0.25, 0.3) is 0 Å². The summed E-state index contributed by atoms with van der Waals surface area (Å²) in [6.45, 7) is 9.21. The van der Waals surface area contributed by atoms with Gasteiger partial charge in [-0.05, 0) is 64.0 Å². The van der Waals surface area contributed by atoms with Gasteiger partial charge in [0.1, 0.15) is 0 Å². The first kappa shape index (κ1) is 26.2. The summed E-state index contributed by atoms with van der Waals surface area (Å²) in [4.78, 5) is 38.3. The van der Waals surface area contributed by atoms with Gasteiger partial charge in [0.05, 0.1) is 6.10 Å². The molecule has 0 saturated heterocycles. The molecule has 6 heteroatoms. The summed E-state index contributed by atoms with van der Waals surface area (Å²) in [6.07, 6.45) is 8.87. The van der Waals surface area contributed by atoms with Crippen LogP contribution in [0.2, 0.25) is 0 Å². The smallest absolute Gasteiger partial charge is 0.306 e. The van der Waals surface area contributed by atoms with Crippen molar-refractivity contribution in [3.05, 3.63) is 23.8 Å². The number of aliphatic hydroxyl groups is 1. The summed E-state index contributed by atoms with van der Waals surface area (Å²) < 4.78 is 23.4. The highest BCUT2D eigenvalue weighted by molar-refractivity contribution is 6.01. The third-order valence-corrected chi connectivity index (χ3v) is 10.2. The minimum absolute atomic E-state index is 0.0301. The molecule has 5 nitrogen and oxygen atoms in total. The van der Waals surface area contributed by atoms with Crippen LogP contribution in [0.3, 0.4) is 0 Å². The molecule has 0 aromatic heterocycles. The van der Waals surface area contributed by atoms with Gasteiger partial charge in [-0.1, -0.05) is 51.7 Å². The second-order valence-corrected chi connectivity index (χ2v) is 12.0. The van der Waals surface area contributed by atoms with E-state index in [2.05, 4.69) is 6.92 Å². The largest absolute Gasteiger partial charge is 0.450 e. The van der Waals surface area contributed by atoms with Crippen molar-refractivity contribution in [3.8, 4) is 0 Å². The Kier molecular flexibility index (Phi) is 6.70. The zero-order valence-electron chi connectivity index (χ0n) is 21.9. The van der Waals surface area contributed by atoms with E-state index in [0.717, 1.165) is 24.8 Å². The predicted molar refractivity (Wildman–Crippen MR) is 131 cm³/mol. The number of ether oxygens (including phenoxy) is 1. The molecule has 35 heavy (non-hydrogen) atoms. The zero-order chi connectivity index (χ0) is 25.8. The quantitative estimate of drug-likeness (QED) is 0.381. The van der Waals surface area contributed by atoms with Gasteiger partial charge in [0.2, 0.25) is 0 Å². The van der Waals surface area contributed by atoms with Crippen LogP contribution in [0, 0.1) is 28.6 Å². The van der Waals surface area contributed by atoms with Crippen molar-refractivity contribution >= 4 is 17.5 Å². The van der Waals surface area contributed by atoms with Crippen molar-refractivity contribution in [2.75, 3.05) is 0 Å². The minimum Gasteiger partial charge on any atom is -0.450 e. The summed E-state index contributed by atoms with van der Waals surface area (Å²) in [6, 6.07) is 0. The molecule has 0 aromatic rings. The Bertz CT molecular complexity index is 970. The molecule has 4 aliphatic carbocycles. The van der Waals surface area contributed by atoms with Crippen molar-refractivity contribution in [1.29, 1.82) is 0 Å². The fourth-order valence-corrected chi connectivity index (χ4v) is 8.50. The minimum atomic E-state index is -1.96. The van der Waals surface area contributed by atoms with Crippen LogP contribution in [-0.2, 0) is 19.1 Å². The average molecular weight is 489 g/mol. The van der Waals surface area contributed by atoms with E-state index in [1.54, 1.807) is 13.0 Å². The van der Waals surface area contributed by atoms with Gasteiger partial charge in [0, 0.05) is 29.1 Å². The predicted octanol–water partition coefficient (Wildman–Crippen LogP) is 5.44. The number of esters is 1. The Hall–Kier alpha value is -1.82. The topological polar surface area (TPSA) is 80.7 Å². The van der Waals surface area contributed by atoms with E-state index in [9.17, 15) is 19.5 Å². The Morgan fingerprint density at radius 2 is 1.91 bits per heavy atom. The fourth-order valence-electron chi connectivity index (χ4n) is 8.50. The van der Waals surface area contributed by atoms with Gasteiger partial charge in [-0.15, -0.1) is 0 Å². The van der Waals surface area contributed by atoms with Crippen molar-refractivity contribution < 1.29 is 28.6 Å². The first-order valence-electron chi connectivity index (χ1n) is 13.4. The van der Waals surface area contributed by atoms with Gasteiger partial charge in [-0.2, -0.15) is 0 Å². The van der Waals surface area contributed by atoms with Crippen LogP contribution in [0.15, 0.2) is 23.8 Å². The van der Waals surface area contributed by atoms with Gasteiger partial charge in [0.25, 0.3) is 0 Å². The summed E-state index contributed by atoms with van der Waals surface area (Å²) >= 11 is 0. The van der Waals surface area contributed by atoms with Crippen molar-refractivity contribution in [1.82, 2.24) is 0 Å². The van der Waals surface area contributed by atoms with Gasteiger partial charge in [-0.3, -0.25) is 14.4 Å². The maximum absolute atomic E-state index is 17.3. The number of aliphatic hydroxyl groups excluding tert-OH is 1. The number of alkyl halides is 1. The van der Waals surface area contributed by atoms with E-state index in [1.165, 1.54) is 19.1 Å². The summed E-state index contributed by atoms with van der Waals surface area (Å²) in [7, 11) is 0. The Morgan fingerprint density at radius 1 is 1.20 bits per heavy atom. The van der Waals surface area contributed by atoms with E-state index in [-0.39, 0.29) is 42.2 Å². The lowest BCUT2D eigenvalue weighted by atomic mass is 9.44. The first-order chi connectivity index (χ1) is 16.4. The number of allylic oxidation sites excluding steroid dienone is 4. The van der Waals surface area contributed by atoms with Crippen molar-refractivity contribution in [3.63, 3.8) is 0 Å². The summed E-state index contributed by atoms with van der Waals surface area (Å²) in [5, 5.41) is 11.5. The van der Waals surface area contributed by atoms with E-state index in [4.69, 9.17) is 4.74 Å². The van der Waals surface area contributed by atoms with E-state index in [0.29, 0.717) is 25.7 Å². The third-order valence-electron chi connectivity index (χ3n) is 10.2. The molecule has 0 amide bonds. The highest BCUT2D eigenvalue weighted by Gasteiger charge is 2.76. The molecule has 0 aliphatic heterocycles. The summed E-state index contributed by atoms with van der Waals surface area (Å²) in [5.41, 5.74) is -4.56. The SMILES string of the molecule is CCCCCCC(=O)O[C@@]1(C(C)=O)[C@@H](C)C[C@H]2[C@@H]3CCC4=CC(=O)C=C[C@]4(C)[C@@]3(F)[C@@H](O)C[C@@]21C. The molecule has 0 unspecified atom stereocenters. The van der Waals surface area contributed by atoms with Crippen LogP contribution in [0.4, 0.5) is 4.39 Å². The van der Waals surface area contributed by atoms with Crippen LogP contribution < -0.4 is 0 Å². The highest BCUT2D eigenvalue weighted by Crippen LogP contribution is 2.71. The molecular formula is C29H41FO5. The number of unbranched alkanes of at least 4 members (excludes halogenated alkanes) is 3.